The monoisotopic (exact) mass is 264 g/mol. The van der Waals surface area contributed by atoms with Gasteiger partial charge in [-0.1, -0.05) is 0 Å². The molecule has 0 saturated carbocycles. The molecular weight excluding hydrogens is 244 g/mol. The van der Waals surface area contributed by atoms with Crippen molar-refractivity contribution in [1.29, 1.82) is 0 Å². The number of carbonyl (C=O) groups excluding carboxylic acids is 1. The van der Waals surface area contributed by atoms with Gasteiger partial charge in [0.25, 0.3) is 0 Å². The first-order valence-corrected chi connectivity index (χ1v) is 7.21. The summed E-state index contributed by atoms with van der Waals surface area (Å²) in [6, 6.07) is 1.75. The van der Waals surface area contributed by atoms with E-state index in [0.29, 0.717) is 24.5 Å². The molecule has 2 N–H and O–H groups in total. The Hall–Kier alpha value is 0.0700. The number of fused-ring (bicyclic) bond motifs is 2. The zero-order valence-corrected chi connectivity index (χ0v) is 11.3. The minimum Gasteiger partial charge on any atom is -0.353 e. The highest BCUT2D eigenvalue weighted by Gasteiger charge is 2.33. The van der Waals surface area contributed by atoms with Crippen molar-refractivity contribution in [3.8, 4) is 0 Å². The first-order valence-electron chi connectivity index (χ1n) is 5.82. The lowest BCUT2D eigenvalue weighted by molar-refractivity contribution is -0.121. The molecule has 2 bridgehead atoms. The van der Waals surface area contributed by atoms with Crippen LogP contribution in [0.1, 0.15) is 32.1 Å². The number of hydrogen-bond donors (Lipinski definition) is 2. The largest absolute Gasteiger partial charge is 0.353 e. The molecule has 2 aliphatic heterocycles. The molecule has 0 aliphatic carbocycles. The zero-order chi connectivity index (χ0) is 10.7. The summed E-state index contributed by atoms with van der Waals surface area (Å²) in [7, 11) is 0. The van der Waals surface area contributed by atoms with Gasteiger partial charge in [0.2, 0.25) is 5.91 Å². The Bertz CT molecular complexity index is 228. The molecule has 0 spiro atoms. The summed E-state index contributed by atoms with van der Waals surface area (Å²) < 4.78 is 0. The summed E-state index contributed by atoms with van der Waals surface area (Å²) in [6.07, 6.45) is 7.55. The fourth-order valence-corrected chi connectivity index (χ4v) is 3.06. The molecule has 0 aromatic heterocycles. The number of hydrogen-bond acceptors (Lipinski definition) is 3. The van der Waals surface area contributed by atoms with Gasteiger partial charge < -0.3 is 10.6 Å². The maximum Gasteiger partial charge on any atom is 0.221 e. The summed E-state index contributed by atoms with van der Waals surface area (Å²) >= 11 is 1.73. The van der Waals surface area contributed by atoms with Crippen LogP contribution in [0.3, 0.4) is 0 Å². The van der Waals surface area contributed by atoms with Gasteiger partial charge in [0.15, 0.2) is 0 Å². The van der Waals surface area contributed by atoms with Crippen LogP contribution in [0.2, 0.25) is 0 Å². The molecule has 2 saturated heterocycles. The van der Waals surface area contributed by atoms with Gasteiger partial charge in [-0.05, 0) is 31.9 Å². The summed E-state index contributed by atoms with van der Waals surface area (Å²) in [4.78, 5) is 11.6. The molecule has 0 aromatic rings. The molecule has 5 heteroatoms. The summed E-state index contributed by atoms with van der Waals surface area (Å²) in [6.45, 7) is 0. The molecule has 0 aromatic carbocycles. The van der Waals surface area contributed by atoms with Crippen LogP contribution in [0.5, 0.6) is 0 Å². The number of halogens is 1. The van der Waals surface area contributed by atoms with Crippen molar-refractivity contribution in [3.05, 3.63) is 0 Å². The Labute approximate surface area is 108 Å². The maximum absolute atomic E-state index is 11.6. The molecule has 16 heavy (non-hydrogen) atoms. The van der Waals surface area contributed by atoms with Crippen LogP contribution in [0, 0.1) is 0 Å². The van der Waals surface area contributed by atoms with Gasteiger partial charge in [-0.15, -0.1) is 12.4 Å². The quantitative estimate of drug-likeness (QED) is 0.810. The van der Waals surface area contributed by atoms with Gasteiger partial charge in [-0.3, -0.25) is 4.79 Å². The second kappa shape index (κ2) is 6.72. The number of thioether (sulfide) groups is 1. The molecule has 0 radical (unpaired) electrons. The lowest BCUT2D eigenvalue weighted by Gasteiger charge is -2.29. The van der Waals surface area contributed by atoms with Crippen LogP contribution in [-0.2, 0) is 4.79 Å². The van der Waals surface area contributed by atoms with Crippen molar-refractivity contribution in [2.75, 3.05) is 12.0 Å². The first-order chi connectivity index (χ1) is 7.28. The average molecular weight is 265 g/mol. The van der Waals surface area contributed by atoms with E-state index in [1.165, 1.54) is 12.8 Å². The third-order valence-electron chi connectivity index (χ3n) is 3.37. The Morgan fingerprint density at radius 2 is 2.00 bits per heavy atom. The normalized spacial score (nSPS) is 31.9. The molecule has 2 heterocycles. The Morgan fingerprint density at radius 1 is 1.38 bits per heavy atom. The van der Waals surface area contributed by atoms with Crippen LogP contribution in [0.4, 0.5) is 0 Å². The lowest BCUT2D eigenvalue weighted by Crippen LogP contribution is -2.48. The number of piperidine rings is 1. The first kappa shape index (κ1) is 14.1. The summed E-state index contributed by atoms with van der Waals surface area (Å²) in [5.41, 5.74) is 0. The Morgan fingerprint density at radius 3 is 2.56 bits per heavy atom. The highest BCUT2D eigenvalue weighted by Crippen LogP contribution is 2.26. The second-order valence-electron chi connectivity index (χ2n) is 4.62. The fourth-order valence-electron chi connectivity index (χ4n) is 2.67. The number of rotatable bonds is 4. The summed E-state index contributed by atoms with van der Waals surface area (Å²) in [5.74, 6) is 1.17. The third kappa shape index (κ3) is 3.82. The van der Waals surface area contributed by atoms with Crippen LogP contribution in [0.25, 0.3) is 0 Å². The predicted octanol–water partition coefficient (Wildman–Crippen LogP) is 1.56. The van der Waals surface area contributed by atoms with Gasteiger partial charge in [-0.2, -0.15) is 11.8 Å². The van der Waals surface area contributed by atoms with Crippen molar-refractivity contribution in [2.24, 2.45) is 0 Å². The van der Waals surface area contributed by atoms with E-state index in [0.717, 1.165) is 18.6 Å². The van der Waals surface area contributed by atoms with E-state index < -0.39 is 0 Å². The molecule has 2 fully saturated rings. The molecule has 2 rings (SSSR count). The summed E-state index contributed by atoms with van der Waals surface area (Å²) in [5, 5.41) is 6.74. The number of carbonyl (C=O) groups is 1. The number of nitrogens with one attached hydrogen (secondary N) is 2. The molecule has 2 aliphatic rings. The van der Waals surface area contributed by atoms with Crippen molar-refractivity contribution >= 4 is 30.1 Å². The molecule has 94 valence electrons. The Kier molecular flexibility index (Phi) is 5.94. The topological polar surface area (TPSA) is 41.1 Å². The molecule has 2 unspecified atom stereocenters. The highest BCUT2D eigenvalue weighted by molar-refractivity contribution is 7.98. The second-order valence-corrected chi connectivity index (χ2v) is 5.60. The molecule has 3 nitrogen and oxygen atoms in total. The van der Waals surface area contributed by atoms with E-state index >= 15 is 0 Å². The van der Waals surface area contributed by atoms with Gasteiger partial charge in [-0.25, -0.2) is 0 Å². The fraction of sp³-hybridized carbons (Fsp3) is 0.909. The van der Waals surface area contributed by atoms with E-state index in [9.17, 15) is 4.79 Å². The van der Waals surface area contributed by atoms with Crippen molar-refractivity contribution < 1.29 is 4.79 Å². The van der Waals surface area contributed by atoms with Gasteiger partial charge in [0, 0.05) is 30.3 Å². The molecule has 2 atom stereocenters. The van der Waals surface area contributed by atoms with E-state index in [4.69, 9.17) is 0 Å². The van der Waals surface area contributed by atoms with E-state index in [-0.39, 0.29) is 18.3 Å². The highest BCUT2D eigenvalue weighted by atomic mass is 35.5. The van der Waals surface area contributed by atoms with Crippen LogP contribution >= 0.6 is 24.2 Å². The van der Waals surface area contributed by atoms with Gasteiger partial charge in [0.1, 0.15) is 0 Å². The smallest absolute Gasteiger partial charge is 0.221 e. The molecular formula is C11H21ClN2OS. The third-order valence-corrected chi connectivity index (χ3v) is 3.98. The predicted molar refractivity (Wildman–Crippen MR) is 71.4 cm³/mol. The average Bonchev–Trinajstić information content (AvgIpc) is 2.55. The van der Waals surface area contributed by atoms with Gasteiger partial charge >= 0.3 is 0 Å². The minimum atomic E-state index is 0. The van der Waals surface area contributed by atoms with Gasteiger partial charge in [0.05, 0.1) is 0 Å². The lowest BCUT2D eigenvalue weighted by atomic mass is 10.00. The molecule has 1 amide bonds. The Balaban J connectivity index is 0.00000128. The van der Waals surface area contributed by atoms with Crippen molar-refractivity contribution in [2.45, 2.75) is 50.2 Å². The SMILES string of the molecule is CSCCC(=O)NC1CC2CCC(C1)N2.Cl. The van der Waals surface area contributed by atoms with Crippen LogP contribution < -0.4 is 10.6 Å². The van der Waals surface area contributed by atoms with E-state index in [1.807, 2.05) is 6.26 Å². The van der Waals surface area contributed by atoms with Crippen LogP contribution in [0.15, 0.2) is 0 Å². The maximum atomic E-state index is 11.6. The van der Waals surface area contributed by atoms with E-state index in [1.54, 1.807) is 11.8 Å². The van der Waals surface area contributed by atoms with Crippen molar-refractivity contribution in [1.82, 2.24) is 10.6 Å². The van der Waals surface area contributed by atoms with E-state index in [2.05, 4.69) is 10.6 Å². The zero-order valence-electron chi connectivity index (χ0n) is 9.70. The van der Waals surface area contributed by atoms with Crippen LogP contribution in [-0.4, -0.2) is 36.0 Å². The van der Waals surface area contributed by atoms with Crippen molar-refractivity contribution in [3.63, 3.8) is 0 Å². The minimum absolute atomic E-state index is 0. The standard InChI is InChI=1S/C11H20N2OS.ClH/c1-15-5-4-11(14)13-10-6-8-2-3-9(7-10)12-8;/h8-10,12H,2-7H2,1H3,(H,13,14);1H. The number of amides is 1.